The summed E-state index contributed by atoms with van der Waals surface area (Å²) in [6, 6.07) is 5.63. The highest BCUT2D eigenvalue weighted by Crippen LogP contribution is 2.23. The Balaban J connectivity index is 2.01. The Hall–Kier alpha value is -0.730. The van der Waals surface area contributed by atoms with E-state index in [0.29, 0.717) is 10.6 Å². The average molecular weight is 286 g/mol. The third-order valence-electron chi connectivity index (χ3n) is 3.44. The lowest BCUT2D eigenvalue weighted by atomic mass is 9.94. The second-order valence-corrected chi connectivity index (χ2v) is 5.94. The molecule has 0 bridgehead atoms. The number of hydrogen-bond donors (Lipinski definition) is 1. The lowest BCUT2D eigenvalue weighted by Crippen LogP contribution is -2.38. The van der Waals surface area contributed by atoms with Crippen LogP contribution in [0, 0.1) is 6.92 Å². The van der Waals surface area contributed by atoms with Gasteiger partial charge in [0.1, 0.15) is 0 Å². The second kappa shape index (κ2) is 5.94. The highest BCUT2D eigenvalue weighted by atomic mass is 35.5. The topological polar surface area (TPSA) is 29.1 Å². The number of carbonyl (C=O) groups excluding carboxylic acids is 1. The number of rotatable bonds is 2. The van der Waals surface area contributed by atoms with Gasteiger partial charge in [-0.1, -0.05) is 17.7 Å². The van der Waals surface area contributed by atoms with Crippen LogP contribution in [0.3, 0.4) is 0 Å². The number of carbonyl (C=O) groups is 1. The first-order valence-corrected chi connectivity index (χ1v) is 7.09. The molecule has 0 spiro atoms. The zero-order valence-corrected chi connectivity index (χ0v) is 11.9. The number of halogens is 2. The molecule has 0 saturated heterocycles. The van der Waals surface area contributed by atoms with Crippen molar-refractivity contribution in [2.75, 3.05) is 0 Å². The van der Waals surface area contributed by atoms with Gasteiger partial charge in [0.15, 0.2) is 0 Å². The van der Waals surface area contributed by atoms with Crippen molar-refractivity contribution in [3.63, 3.8) is 0 Å². The van der Waals surface area contributed by atoms with Crippen LogP contribution in [0.4, 0.5) is 0 Å². The molecule has 18 heavy (non-hydrogen) atoms. The molecule has 0 radical (unpaired) electrons. The summed E-state index contributed by atoms with van der Waals surface area (Å²) in [4.78, 5) is 12.2. The van der Waals surface area contributed by atoms with Gasteiger partial charge in [-0.2, -0.15) is 0 Å². The number of nitrogens with one attached hydrogen (secondary N) is 1. The third kappa shape index (κ3) is 3.39. The van der Waals surface area contributed by atoms with Gasteiger partial charge in [0.05, 0.1) is 0 Å². The molecule has 1 fully saturated rings. The summed E-state index contributed by atoms with van der Waals surface area (Å²) in [6.07, 6.45) is 3.86. The third-order valence-corrected chi connectivity index (χ3v) is 4.11. The van der Waals surface area contributed by atoms with Crippen molar-refractivity contribution in [3.05, 3.63) is 34.3 Å². The van der Waals surface area contributed by atoms with E-state index >= 15 is 0 Å². The van der Waals surface area contributed by atoms with Crippen molar-refractivity contribution >= 4 is 29.1 Å². The molecule has 1 amide bonds. The van der Waals surface area contributed by atoms with E-state index in [9.17, 15) is 4.79 Å². The number of aryl methyl sites for hydroxylation is 1. The minimum atomic E-state index is -0.0342. The maximum atomic E-state index is 12.2. The number of amides is 1. The van der Waals surface area contributed by atoms with Gasteiger partial charge in [-0.3, -0.25) is 4.79 Å². The molecule has 0 aliphatic heterocycles. The fourth-order valence-corrected chi connectivity index (χ4v) is 2.72. The fraction of sp³-hybridized carbons (Fsp3) is 0.500. The highest BCUT2D eigenvalue weighted by molar-refractivity contribution is 6.31. The van der Waals surface area contributed by atoms with Crippen molar-refractivity contribution < 1.29 is 4.79 Å². The molecule has 2 rings (SSSR count). The van der Waals surface area contributed by atoms with E-state index in [2.05, 4.69) is 5.32 Å². The largest absolute Gasteiger partial charge is 0.349 e. The number of alkyl halides is 1. The second-order valence-electron chi connectivity index (χ2n) is 4.88. The maximum Gasteiger partial charge on any atom is 0.251 e. The van der Waals surface area contributed by atoms with Gasteiger partial charge in [-0.15, -0.1) is 11.6 Å². The molecule has 2 nitrogen and oxygen atoms in total. The predicted octanol–water partition coefficient (Wildman–Crippen LogP) is 3.93. The smallest absolute Gasteiger partial charge is 0.251 e. The Morgan fingerprint density at radius 1 is 1.28 bits per heavy atom. The standard InChI is InChI=1S/C14H17Cl2NO/c1-9-2-3-11(16)8-13(9)14(18)17-12-6-4-10(15)5-7-12/h2-3,8,10,12H,4-7H2,1H3,(H,17,18). The van der Waals surface area contributed by atoms with E-state index in [1.807, 2.05) is 13.0 Å². The Bertz CT molecular complexity index is 439. The van der Waals surface area contributed by atoms with Crippen LogP contribution in [-0.2, 0) is 0 Å². The first-order chi connectivity index (χ1) is 8.56. The molecule has 0 unspecified atom stereocenters. The summed E-state index contributed by atoms with van der Waals surface area (Å²) in [5.74, 6) is -0.0342. The van der Waals surface area contributed by atoms with Crippen LogP contribution >= 0.6 is 23.2 Å². The molecule has 1 N–H and O–H groups in total. The molecule has 1 aliphatic rings. The van der Waals surface area contributed by atoms with Crippen LogP contribution in [0.15, 0.2) is 18.2 Å². The van der Waals surface area contributed by atoms with Crippen molar-refractivity contribution in [3.8, 4) is 0 Å². The Labute approximate surface area is 118 Å². The van der Waals surface area contributed by atoms with E-state index in [0.717, 1.165) is 31.2 Å². The van der Waals surface area contributed by atoms with Crippen molar-refractivity contribution in [2.24, 2.45) is 0 Å². The molecular weight excluding hydrogens is 269 g/mol. The minimum absolute atomic E-state index is 0.0342. The van der Waals surface area contributed by atoms with Crippen molar-refractivity contribution in [2.45, 2.75) is 44.0 Å². The summed E-state index contributed by atoms with van der Waals surface area (Å²) in [5, 5.41) is 3.93. The van der Waals surface area contributed by atoms with Crippen LogP contribution in [-0.4, -0.2) is 17.3 Å². The van der Waals surface area contributed by atoms with E-state index < -0.39 is 0 Å². The molecule has 1 aromatic carbocycles. The minimum Gasteiger partial charge on any atom is -0.349 e. The summed E-state index contributed by atoms with van der Waals surface area (Å²) >= 11 is 12.0. The molecule has 1 saturated carbocycles. The number of hydrogen-bond acceptors (Lipinski definition) is 1. The summed E-state index contributed by atoms with van der Waals surface area (Å²) in [6.45, 7) is 1.92. The summed E-state index contributed by atoms with van der Waals surface area (Å²) < 4.78 is 0. The Morgan fingerprint density at radius 3 is 2.61 bits per heavy atom. The first-order valence-electron chi connectivity index (χ1n) is 6.27. The molecule has 1 aliphatic carbocycles. The normalized spacial score (nSPS) is 23.7. The first kappa shape index (κ1) is 13.7. The lowest BCUT2D eigenvalue weighted by Gasteiger charge is -2.26. The van der Waals surface area contributed by atoms with Crippen LogP contribution in [0.25, 0.3) is 0 Å². The van der Waals surface area contributed by atoms with Crippen LogP contribution < -0.4 is 5.32 Å². The molecule has 0 aromatic heterocycles. The summed E-state index contributed by atoms with van der Waals surface area (Å²) in [5.41, 5.74) is 1.61. The van der Waals surface area contributed by atoms with Gasteiger partial charge in [0, 0.05) is 22.0 Å². The van der Waals surface area contributed by atoms with Gasteiger partial charge in [0.2, 0.25) is 0 Å². The van der Waals surface area contributed by atoms with Crippen molar-refractivity contribution in [1.29, 1.82) is 0 Å². The quantitative estimate of drug-likeness (QED) is 0.820. The maximum absolute atomic E-state index is 12.2. The van der Waals surface area contributed by atoms with E-state index in [4.69, 9.17) is 23.2 Å². The van der Waals surface area contributed by atoms with Crippen molar-refractivity contribution in [1.82, 2.24) is 5.32 Å². The van der Waals surface area contributed by atoms with Gasteiger partial charge < -0.3 is 5.32 Å². The van der Waals surface area contributed by atoms with E-state index in [1.165, 1.54) is 0 Å². The molecule has 0 atom stereocenters. The highest BCUT2D eigenvalue weighted by Gasteiger charge is 2.21. The molecule has 98 valence electrons. The zero-order chi connectivity index (χ0) is 13.1. The molecular formula is C14H17Cl2NO. The van der Waals surface area contributed by atoms with E-state index in [1.54, 1.807) is 12.1 Å². The monoisotopic (exact) mass is 285 g/mol. The molecule has 4 heteroatoms. The Kier molecular flexibility index (Phi) is 4.52. The summed E-state index contributed by atoms with van der Waals surface area (Å²) in [7, 11) is 0. The molecule has 1 aromatic rings. The SMILES string of the molecule is Cc1ccc(Cl)cc1C(=O)NC1CCC(Cl)CC1. The lowest BCUT2D eigenvalue weighted by molar-refractivity contribution is 0.0927. The van der Waals surface area contributed by atoms with Gasteiger partial charge in [0.25, 0.3) is 5.91 Å². The van der Waals surface area contributed by atoms with Gasteiger partial charge in [-0.05, 0) is 50.3 Å². The average Bonchev–Trinajstić information content (AvgIpc) is 2.35. The number of benzene rings is 1. The van der Waals surface area contributed by atoms with E-state index in [-0.39, 0.29) is 17.3 Å². The predicted molar refractivity (Wildman–Crippen MR) is 75.6 cm³/mol. The van der Waals surface area contributed by atoms with Gasteiger partial charge >= 0.3 is 0 Å². The zero-order valence-electron chi connectivity index (χ0n) is 10.4. The van der Waals surface area contributed by atoms with Crippen LogP contribution in [0.2, 0.25) is 5.02 Å². The van der Waals surface area contributed by atoms with Crippen LogP contribution in [0.5, 0.6) is 0 Å². The fourth-order valence-electron chi connectivity index (χ4n) is 2.30. The van der Waals surface area contributed by atoms with Gasteiger partial charge in [-0.25, -0.2) is 0 Å². The Morgan fingerprint density at radius 2 is 1.94 bits per heavy atom. The molecule has 0 heterocycles. The van der Waals surface area contributed by atoms with Crippen LogP contribution in [0.1, 0.15) is 41.6 Å².